The number of carbonyl (C=O) groups excluding carboxylic acids is 1. The summed E-state index contributed by atoms with van der Waals surface area (Å²) in [5.41, 5.74) is 15.1. The average molecular weight is 135 g/mol. The zero-order valence-electron chi connectivity index (χ0n) is 4.37. The summed E-state index contributed by atoms with van der Waals surface area (Å²) in [6, 6.07) is -0.750. The number of rotatable bonds is 2. The quantitative estimate of drug-likeness (QED) is 0.380. The summed E-state index contributed by atoms with van der Waals surface area (Å²) in [6.45, 7) is 0. The molecule has 48 valence electrons. The summed E-state index contributed by atoms with van der Waals surface area (Å²) >= 11 is 0. The maximum absolute atomic E-state index is 10.1. The smallest absolute Gasteiger partial charge is 0.236 e. The molecular formula is C3H10N3OP. The van der Waals surface area contributed by atoms with Gasteiger partial charge in [0.1, 0.15) is 6.04 Å². The summed E-state index contributed by atoms with van der Waals surface area (Å²) in [5.74, 6) is -1.01. The van der Waals surface area contributed by atoms with Gasteiger partial charge in [-0.15, -0.1) is 9.24 Å². The Bertz CT molecular complexity index is 94.5. The second-order valence-corrected chi connectivity index (χ2v) is 2.28. The fourth-order valence-electron chi connectivity index (χ4n) is 0.190. The standard InChI is InChI=1S/C3H10N3OP/c4-1(2(5)7)3(6)8/h1,3H,4,6,8H2,(H2,5,7). The van der Waals surface area contributed by atoms with Crippen molar-refractivity contribution in [3.63, 3.8) is 0 Å². The Labute approximate surface area is 50.0 Å². The van der Waals surface area contributed by atoms with E-state index < -0.39 is 17.7 Å². The van der Waals surface area contributed by atoms with Crippen LogP contribution in [0.1, 0.15) is 0 Å². The Hall–Kier alpha value is -0.180. The Morgan fingerprint density at radius 2 is 1.88 bits per heavy atom. The second-order valence-electron chi connectivity index (χ2n) is 1.51. The van der Waals surface area contributed by atoms with Gasteiger partial charge in [0.05, 0.1) is 0 Å². The van der Waals surface area contributed by atoms with E-state index in [1.54, 1.807) is 0 Å². The van der Waals surface area contributed by atoms with Crippen LogP contribution in [0.4, 0.5) is 0 Å². The lowest BCUT2D eigenvalue weighted by Crippen LogP contribution is -2.46. The van der Waals surface area contributed by atoms with E-state index in [0.29, 0.717) is 0 Å². The molecule has 0 radical (unpaired) electrons. The van der Waals surface area contributed by atoms with E-state index in [-0.39, 0.29) is 0 Å². The Morgan fingerprint density at radius 1 is 1.50 bits per heavy atom. The van der Waals surface area contributed by atoms with Gasteiger partial charge in [-0.25, -0.2) is 0 Å². The monoisotopic (exact) mass is 135 g/mol. The molecule has 0 fully saturated rings. The molecule has 6 N–H and O–H groups in total. The third kappa shape index (κ3) is 2.21. The van der Waals surface area contributed by atoms with Crippen molar-refractivity contribution in [2.45, 2.75) is 11.8 Å². The molecule has 0 heterocycles. The summed E-state index contributed by atoms with van der Waals surface area (Å²) in [7, 11) is 2.19. The van der Waals surface area contributed by atoms with Crippen LogP contribution in [0.25, 0.3) is 0 Å². The molecule has 0 saturated heterocycles. The first-order valence-corrected chi connectivity index (χ1v) is 2.78. The predicted octanol–water partition coefficient (Wildman–Crippen LogP) is -2.04. The summed E-state index contributed by atoms with van der Waals surface area (Å²) < 4.78 is 0. The molecule has 0 aliphatic carbocycles. The first-order valence-electron chi connectivity index (χ1n) is 2.11. The van der Waals surface area contributed by atoms with Crippen LogP contribution in [0.2, 0.25) is 0 Å². The van der Waals surface area contributed by atoms with Crippen LogP contribution in [0.3, 0.4) is 0 Å². The van der Waals surface area contributed by atoms with Crippen molar-refractivity contribution in [1.82, 2.24) is 0 Å². The van der Waals surface area contributed by atoms with Crippen molar-refractivity contribution >= 4 is 15.1 Å². The molecule has 0 rings (SSSR count). The highest BCUT2D eigenvalue weighted by atomic mass is 31.0. The molecule has 5 heteroatoms. The first kappa shape index (κ1) is 7.82. The number of hydrogen-bond acceptors (Lipinski definition) is 3. The molecule has 0 aliphatic heterocycles. The van der Waals surface area contributed by atoms with Crippen molar-refractivity contribution in [1.29, 1.82) is 0 Å². The van der Waals surface area contributed by atoms with E-state index in [2.05, 4.69) is 9.24 Å². The molecule has 3 unspecified atom stereocenters. The third-order valence-electron chi connectivity index (χ3n) is 0.743. The zero-order chi connectivity index (χ0) is 6.73. The molecule has 0 saturated carbocycles. The Balaban J connectivity index is 3.64. The normalized spacial score (nSPS) is 17.4. The summed E-state index contributed by atoms with van der Waals surface area (Å²) in [5, 5.41) is 0. The molecule has 0 aromatic heterocycles. The van der Waals surface area contributed by atoms with Gasteiger partial charge in [-0.3, -0.25) is 4.79 Å². The van der Waals surface area contributed by atoms with E-state index >= 15 is 0 Å². The molecule has 0 aromatic rings. The highest BCUT2D eigenvalue weighted by Gasteiger charge is 2.12. The lowest BCUT2D eigenvalue weighted by Gasteiger charge is -2.09. The van der Waals surface area contributed by atoms with Crippen LogP contribution < -0.4 is 17.2 Å². The average Bonchev–Trinajstić information content (AvgIpc) is 1.64. The van der Waals surface area contributed by atoms with Gasteiger partial charge in [0.25, 0.3) is 0 Å². The van der Waals surface area contributed by atoms with Crippen LogP contribution in [0.5, 0.6) is 0 Å². The first-order chi connectivity index (χ1) is 3.55. The van der Waals surface area contributed by atoms with Crippen molar-refractivity contribution < 1.29 is 4.79 Å². The summed E-state index contributed by atoms with van der Waals surface area (Å²) in [4.78, 5) is 10.1. The number of carbonyl (C=O) groups is 1. The fourth-order valence-corrected chi connectivity index (χ4v) is 0.379. The molecular weight excluding hydrogens is 125 g/mol. The highest BCUT2D eigenvalue weighted by molar-refractivity contribution is 7.17. The van der Waals surface area contributed by atoms with Gasteiger partial charge in [0.2, 0.25) is 5.91 Å². The molecule has 4 nitrogen and oxygen atoms in total. The number of primary amides is 1. The zero-order valence-corrected chi connectivity index (χ0v) is 5.53. The molecule has 3 atom stereocenters. The van der Waals surface area contributed by atoms with E-state index in [1.807, 2.05) is 0 Å². The maximum Gasteiger partial charge on any atom is 0.236 e. The minimum atomic E-state index is -0.750. The highest BCUT2D eigenvalue weighted by Crippen LogP contribution is 1.93. The predicted molar refractivity (Wildman–Crippen MR) is 34.9 cm³/mol. The lowest BCUT2D eigenvalue weighted by molar-refractivity contribution is -0.119. The Kier molecular flexibility index (Phi) is 2.90. The van der Waals surface area contributed by atoms with Gasteiger partial charge in [-0.2, -0.15) is 0 Å². The Morgan fingerprint density at radius 3 is 1.88 bits per heavy atom. The lowest BCUT2D eigenvalue weighted by atomic mass is 10.3. The SMILES string of the molecule is NC(=O)C(N)C(N)P. The molecule has 1 amide bonds. The molecule has 0 aromatic carbocycles. The summed E-state index contributed by atoms with van der Waals surface area (Å²) in [6.07, 6.45) is 0. The number of nitrogens with two attached hydrogens (primary N) is 3. The largest absolute Gasteiger partial charge is 0.368 e. The topological polar surface area (TPSA) is 95.1 Å². The van der Waals surface area contributed by atoms with E-state index in [0.717, 1.165) is 0 Å². The van der Waals surface area contributed by atoms with Gasteiger partial charge in [0, 0.05) is 5.78 Å². The van der Waals surface area contributed by atoms with Crippen molar-refractivity contribution in [3.8, 4) is 0 Å². The van der Waals surface area contributed by atoms with Crippen molar-refractivity contribution in [3.05, 3.63) is 0 Å². The van der Waals surface area contributed by atoms with Gasteiger partial charge in [-0.05, 0) is 0 Å². The van der Waals surface area contributed by atoms with Crippen LogP contribution in [-0.2, 0) is 4.79 Å². The van der Waals surface area contributed by atoms with Crippen LogP contribution in [0.15, 0.2) is 0 Å². The van der Waals surface area contributed by atoms with E-state index in [1.165, 1.54) is 0 Å². The molecule has 0 aliphatic rings. The second kappa shape index (κ2) is 2.97. The number of hydrogen-bond donors (Lipinski definition) is 3. The molecule has 8 heavy (non-hydrogen) atoms. The molecule has 0 bridgehead atoms. The van der Waals surface area contributed by atoms with Gasteiger partial charge >= 0.3 is 0 Å². The van der Waals surface area contributed by atoms with Crippen LogP contribution in [-0.4, -0.2) is 17.7 Å². The van der Waals surface area contributed by atoms with Crippen molar-refractivity contribution in [2.75, 3.05) is 0 Å². The minimum absolute atomic E-state index is 0.438. The third-order valence-corrected chi connectivity index (χ3v) is 1.16. The van der Waals surface area contributed by atoms with Gasteiger partial charge < -0.3 is 17.2 Å². The fraction of sp³-hybridized carbons (Fsp3) is 0.667. The van der Waals surface area contributed by atoms with E-state index in [9.17, 15) is 4.79 Å². The number of amides is 1. The van der Waals surface area contributed by atoms with Crippen LogP contribution in [0, 0.1) is 0 Å². The van der Waals surface area contributed by atoms with Crippen LogP contribution >= 0.6 is 9.24 Å². The van der Waals surface area contributed by atoms with Gasteiger partial charge in [0.15, 0.2) is 0 Å². The van der Waals surface area contributed by atoms with Crippen molar-refractivity contribution in [2.24, 2.45) is 17.2 Å². The molecule has 0 spiro atoms. The van der Waals surface area contributed by atoms with E-state index in [4.69, 9.17) is 17.2 Å². The van der Waals surface area contributed by atoms with Gasteiger partial charge in [-0.1, -0.05) is 0 Å². The minimum Gasteiger partial charge on any atom is -0.368 e. The maximum atomic E-state index is 10.1.